The second kappa shape index (κ2) is 4.45. The molecule has 1 saturated heterocycles. The van der Waals surface area contributed by atoms with Crippen LogP contribution in [0.4, 0.5) is 5.95 Å². The summed E-state index contributed by atoms with van der Waals surface area (Å²) in [6, 6.07) is 0.324. The van der Waals surface area contributed by atoms with Crippen molar-refractivity contribution in [1.82, 2.24) is 9.55 Å². The van der Waals surface area contributed by atoms with E-state index in [4.69, 9.17) is 5.73 Å². The van der Waals surface area contributed by atoms with Gasteiger partial charge in [0.2, 0.25) is 5.95 Å². The van der Waals surface area contributed by atoms with Crippen molar-refractivity contribution in [3.05, 3.63) is 11.9 Å². The Hall–Kier alpha value is -1.03. The van der Waals surface area contributed by atoms with Crippen LogP contribution in [-0.2, 0) is 7.05 Å². The Balaban J connectivity index is 2.01. The lowest BCUT2D eigenvalue weighted by Gasteiger charge is -2.34. The Morgan fingerprint density at radius 2 is 2.06 bits per heavy atom. The summed E-state index contributed by atoms with van der Waals surface area (Å²) in [5, 5.41) is 0. The van der Waals surface area contributed by atoms with E-state index in [1.807, 2.05) is 6.92 Å². The van der Waals surface area contributed by atoms with Crippen molar-refractivity contribution in [1.29, 1.82) is 0 Å². The van der Waals surface area contributed by atoms with Crippen LogP contribution >= 0.6 is 0 Å². The second-order valence-corrected chi connectivity index (χ2v) is 4.98. The first-order valence-corrected chi connectivity index (χ1v) is 6.08. The summed E-state index contributed by atoms with van der Waals surface area (Å²) in [4.78, 5) is 6.93. The third kappa shape index (κ3) is 2.21. The van der Waals surface area contributed by atoms with Crippen LogP contribution in [0, 0.1) is 12.8 Å². The number of nitrogens with zero attached hydrogens (tertiary/aromatic N) is 3. The Kier molecular flexibility index (Phi) is 3.19. The van der Waals surface area contributed by atoms with Gasteiger partial charge in [-0.2, -0.15) is 0 Å². The number of anilines is 1. The van der Waals surface area contributed by atoms with Gasteiger partial charge in [0.25, 0.3) is 0 Å². The quantitative estimate of drug-likeness (QED) is 0.820. The summed E-state index contributed by atoms with van der Waals surface area (Å²) in [5.74, 6) is 1.78. The van der Waals surface area contributed by atoms with Crippen LogP contribution < -0.4 is 10.6 Å². The molecule has 4 nitrogen and oxygen atoms in total. The topological polar surface area (TPSA) is 47.1 Å². The van der Waals surface area contributed by atoms with Crippen LogP contribution in [0.1, 0.15) is 25.5 Å². The van der Waals surface area contributed by atoms with Crippen molar-refractivity contribution in [2.24, 2.45) is 18.7 Å². The highest BCUT2D eigenvalue weighted by atomic mass is 15.3. The molecule has 1 aliphatic rings. The van der Waals surface area contributed by atoms with Crippen LogP contribution in [0.5, 0.6) is 0 Å². The van der Waals surface area contributed by atoms with Gasteiger partial charge in [-0.1, -0.05) is 0 Å². The van der Waals surface area contributed by atoms with Gasteiger partial charge >= 0.3 is 0 Å². The molecule has 0 aliphatic carbocycles. The number of aromatic nitrogens is 2. The first-order valence-electron chi connectivity index (χ1n) is 6.08. The number of rotatable bonds is 2. The lowest BCUT2D eigenvalue weighted by Crippen LogP contribution is -2.40. The smallest absolute Gasteiger partial charge is 0.205 e. The number of hydrogen-bond acceptors (Lipinski definition) is 3. The first-order chi connectivity index (χ1) is 7.58. The molecule has 1 aliphatic heterocycles. The fourth-order valence-electron chi connectivity index (χ4n) is 2.52. The molecule has 0 spiro atoms. The SMILES string of the molecule is Cc1cn(C)c(N2CCC(C(C)N)CC2)n1. The minimum Gasteiger partial charge on any atom is -0.342 e. The average molecular weight is 222 g/mol. The molecule has 0 saturated carbocycles. The maximum atomic E-state index is 5.95. The molecule has 0 amide bonds. The lowest BCUT2D eigenvalue weighted by atomic mass is 9.91. The molecule has 16 heavy (non-hydrogen) atoms. The molecule has 0 radical (unpaired) electrons. The monoisotopic (exact) mass is 222 g/mol. The molecule has 1 aromatic rings. The fourth-order valence-corrected chi connectivity index (χ4v) is 2.52. The van der Waals surface area contributed by atoms with Crippen molar-refractivity contribution in [2.75, 3.05) is 18.0 Å². The van der Waals surface area contributed by atoms with Gasteiger partial charge in [0.1, 0.15) is 0 Å². The summed E-state index contributed by atoms with van der Waals surface area (Å²) in [7, 11) is 2.06. The molecule has 2 N–H and O–H groups in total. The van der Waals surface area contributed by atoms with Gasteiger partial charge in [-0.15, -0.1) is 0 Å². The summed E-state index contributed by atoms with van der Waals surface area (Å²) < 4.78 is 2.11. The molecule has 0 aromatic carbocycles. The van der Waals surface area contributed by atoms with Crippen LogP contribution in [-0.4, -0.2) is 28.7 Å². The Morgan fingerprint density at radius 3 is 2.50 bits per heavy atom. The summed E-state index contributed by atoms with van der Waals surface area (Å²) >= 11 is 0. The molecule has 1 aromatic heterocycles. The van der Waals surface area contributed by atoms with Crippen LogP contribution in [0.3, 0.4) is 0 Å². The zero-order valence-corrected chi connectivity index (χ0v) is 10.5. The van der Waals surface area contributed by atoms with Crippen molar-refractivity contribution in [2.45, 2.75) is 32.7 Å². The van der Waals surface area contributed by atoms with E-state index < -0.39 is 0 Å². The van der Waals surface area contributed by atoms with Crippen molar-refractivity contribution < 1.29 is 0 Å². The first kappa shape index (κ1) is 11.5. The van der Waals surface area contributed by atoms with Gasteiger partial charge in [-0.3, -0.25) is 0 Å². The zero-order chi connectivity index (χ0) is 11.7. The van der Waals surface area contributed by atoms with Crippen LogP contribution in [0.25, 0.3) is 0 Å². The minimum atomic E-state index is 0.324. The number of nitrogens with two attached hydrogens (primary N) is 1. The van der Waals surface area contributed by atoms with E-state index in [2.05, 4.69) is 34.6 Å². The van der Waals surface area contributed by atoms with Crippen molar-refractivity contribution >= 4 is 5.95 Å². The van der Waals surface area contributed by atoms with Gasteiger partial charge < -0.3 is 15.2 Å². The van der Waals surface area contributed by atoms with Gasteiger partial charge in [0.15, 0.2) is 0 Å². The van der Waals surface area contributed by atoms with Crippen molar-refractivity contribution in [3.63, 3.8) is 0 Å². The molecular weight excluding hydrogens is 200 g/mol. The van der Waals surface area contributed by atoms with Gasteiger partial charge in [-0.25, -0.2) is 4.98 Å². The number of hydrogen-bond donors (Lipinski definition) is 1. The van der Waals surface area contributed by atoms with Crippen molar-refractivity contribution in [3.8, 4) is 0 Å². The predicted octanol–water partition coefficient (Wildman–Crippen LogP) is 1.29. The molecule has 0 bridgehead atoms. The molecule has 2 rings (SSSR count). The van der Waals surface area contributed by atoms with E-state index in [1.54, 1.807) is 0 Å². The molecule has 1 unspecified atom stereocenters. The third-order valence-corrected chi connectivity index (χ3v) is 3.54. The molecule has 1 fully saturated rings. The Labute approximate surface area is 97.4 Å². The molecule has 4 heteroatoms. The maximum absolute atomic E-state index is 5.95. The van der Waals surface area contributed by atoms with E-state index >= 15 is 0 Å². The van der Waals surface area contributed by atoms with Crippen LogP contribution in [0.2, 0.25) is 0 Å². The average Bonchev–Trinajstić information content (AvgIpc) is 2.58. The summed E-state index contributed by atoms with van der Waals surface area (Å²) in [6.45, 7) is 6.32. The van der Waals surface area contributed by atoms with E-state index in [9.17, 15) is 0 Å². The second-order valence-electron chi connectivity index (χ2n) is 4.98. The van der Waals surface area contributed by atoms with E-state index in [0.717, 1.165) is 24.7 Å². The maximum Gasteiger partial charge on any atom is 0.205 e. The lowest BCUT2D eigenvalue weighted by molar-refractivity contribution is 0.351. The third-order valence-electron chi connectivity index (χ3n) is 3.54. The Morgan fingerprint density at radius 1 is 1.44 bits per heavy atom. The van der Waals surface area contributed by atoms with E-state index in [-0.39, 0.29) is 0 Å². The molecular formula is C12H22N4. The zero-order valence-electron chi connectivity index (χ0n) is 10.5. The molecule has 2 heterocycles. The molecule has 1 atom stereocenters. The van der Waals surface area contributed by atoms with Crippen LogP contribution in [0.15, 0.2) is 6.20 Å². The fraction of sp³-hybridized carbons (Fsp3) is 0.750. The summed E-state index contributed by atoms with van der Waals surface area (Å²) in [5.41, 5.74) is 7.04. The number of imidazole rings is 1. The number of piperidine rings is 1. The number of aryl methyl sites for hydroxylation is 2. The van der Waals surface area contributed by atoms with E-state index in [1.165, 1.54) is 12.8 Å². The van der Waals surface area contributed by atoms with Gasteiger partial charge in [0.05, 0.1) is 5.69 Å². The standard InChI is InChI=1S/C12H22N4/c1-9-8-15(3)12(14-9)16-6-4-11(5-7-16)10(2)13/h8,10-11H,4-7,13H2,1-3H3. The highest BCUT2D eigenvalue weighted by Gasteiger charge is 2.23. The minimum absolute atomic E-state index is 0.324. The summed E-state index contributed by atoms with van der Waals surface area (Å²) in [6.07, 6.45) is 4.44. The normalized spacial score (nSPS) is 20.1. The Bertz CT molecular complexity index is 348. The highest BCUT2D eigenvalue weighted by Crippen LogP contribution is 2.23. The van der Waals surface area contributed by atoms with E-state index in [0.29, 0.717) is 12.0 Å². The molecule has 90 valence electrons. The van der Waals surface area contributed by atoms with Gasteiger partial charge in [0, 0.05) is 32.4 Å². The predicted molar refractivity (Wildman–Crippen MR) is 66.5 cm³/mol. The largest absolute Gasteiger partial charge is 0.342 e. The van der Waals surface area contributed by atoms with Gasteiger partial charge in [-0.05, 0) is 32.6 Å². The highest BCUT2D eigenvalue weighted by molar-refractivity contribution is 5.33.